The van der Waals surface area contributed by atoms with Crippen molar-refractivity contribution in [3.63, 3.8) is 0 Å². The van der Waals surface area contributed by atoms with E-state index in [4.69, 9.17) is 6.42 Å². The molecule has 1 N–H and O–H groups in total. The van der Waals surface area contributed by atoms with Gasteiger partial charge in [0.05, 0.1) is 5.60 Å². The molecule has 0 heterocycles. The lowest BCUT2D eigenvalue weighted by Gasteiger charge is -2.23. The second-order valence-electron chi connectivity index (χ2n) is 4.18. The van der Waals surface area contributed by atoms with Gasteiger partial charge in [0.1, 0.15) is 0 Å². The van der Waals surface area contributed by atoms with Crippen molar-refractivity contribution in [3.05, 3.63) is 48.0 Å². The maximum absolute atomic E-state index is 10.3. The van der Waals surface area contributed by atoms with Crippen LogP contribution in [0.1, 0.15) is 18.9 Å². The van der Waals surface area contributed by atoms with Crippen LogP contribution in [0.3, 0.4) is 0 Å². The Bertz CT molecular complexity index is 541. The van der Waals surface area contributed by atoms with E-state index in [2.05, 4.69) is 5.92 Å². The van der Waals surface area contributed by atoms with Gasteiger partial charge in [-0.25, -0.2) is 0 Å². The van der Waals surface area contributed by atoms with Gasteiger partial charge in [0.15, 0.2) is 0 Å². The summed E-state index contributed by atoms with van der Waals surface area (Å²) < 4.78 is 0. The molecule has 0 aliphatic heterocycles. The highest BCUT2D eigenvalue weighted by atomic mass is 16.3. The molecule has 0 amide bonds. The topological polar surface area (TPSA) is 20.2 Å². The molecule has 0 bridgehead atoms. The fraction of sp³-hybridized carbons (Fsp3) is 0.200. The van der Waals surface area contributed by atoms with Crippen molar-refractivity contribution in [2.45, 2.75) is 18.9 Å². The first-order chi connectivity index (χ1) is 7.65. The first-order valence-electron chi connectivity index (χ1n) is 5.29. The van der Waals surface area contributed by atoms with E-state index in [1.165, 1.54) is 0 Å². The number of benzene rings is 2. The maximum Gasteiger partial charge on any atom is 0.0983 e. The molecule has 0 radical (unpaired) electrons. The van der Waals surface area contributed by atoms with E-state index in [-0.39, 0.29) is 0 Å². The Balaban J connectivity index is 2.66. The Labute approximate surface area is 95.7 Å². The minimum absolute atomic E-state index is 0.320. The Morgan fingerprint density at radius 1 is 1.19 bits per heavy atom. The molecule has 1 nitrogen and oxygen atoms in total. The number of hydrogen-bond donors (Lipinski definition) is 1. The predicted molar refractivity (Wildman–Crippen MR) is 67.0 cm³/mol. The van der Waals surface area contributed by atoms with Crippen LogP contribution in [0, 0.1) is 12.3 Å². The number of terminal acetylenes is 1. The summed E-state index contributed by atoms with van der Waals surface area (Å²) in [5, 5.41) is 12.5. The zero-order valence-electron chi connectivity index (χ0n) is 9.27. The van der Waals surface area contributed by atoms with Crippen molar-refractivity contribution >= 4 is 10.8 Å². The summed E-state index contributed by atoms with van der Waals surface area (Å²) in [6.07, 6.45) is 5.61. The zero-order chi connectivity index (χ0) is 11.6. The van der Waals surface area contributed by atoms with Gasteiger partial charge in [-0.05, 0) is 23.3 Å². The average Bonchev–Trinajstić information content (AvgIpc) is 2.28. The Kier molecular flexibility index (Phi) is 2.68. The molecule has 2 aromatic rings. The monoisotopic (exact) mass is 210 g/mol. The summed E-state index contributed by atoms with van der Waals surface area (Å²) in [5.41, 5.74) is -0.0705. The molecule has 1 atom stereocenters. The van der Waals surface area contributed by atoms with E-state index in [0.29, 0.717) is 6.42 Å². The van der Waals surface area contributed by atoms with Crippen LogP contribution in [0.15, 0.2) is 42.5 Å². The number of rotatable bonds is 2. The number of aliphatic hydroxyl groups is 1. The summed E-state index contributed by atoms with van der Waals surface area (Å²) in [5.74, 6) is 2.52. The Morgan fingerprint density at radius 3 is 2.62 bits per heavy atom. The largest absolute Gasteiger partial charge is 0.384 e. The second-order valence-corrected chi connectivity index (χ2v) is 4.18. The van der Waals surface area contributed by atoms with Gasteiger partial charge in [-0.1, -0.05) is 42.5 Å². The van der Waals surface area contributed by atoms with Crippen molar-refractivity contribution in [1.82, 2.24) is 0 Å². The first-order valence-corrected chi connectivity index (χ1v) is 5.29. The lowest BCUT2D eigenvalue weighted by atomic mass is 9.89. The van der Waals surface area contributed by atoms with Crippen LogP contribution in [0.4, 0.5) is 0 Å². The average molecular weight is 210 g/mol. The number of fused-ring (bicyclic) bond motifs is 1. The maximum atomic E-state index is 10.3. The standard InChI is InChI=1S/C15H14O/c1-3-11-15(2,16)14-10-6-8-12-7-4-5-9-13(12)14/h1,4-10,16H,11H2,2H3/t15-/m1/s1. The molecule has 1 heteroatoms. The molecule has 0 spiro atoms. The molecule has 16 heavy (non-hydrogen) atoms. The van der Waals surface area contributed by atoms with E-state index in [0.717, 1.165) is 16.3 Å². The van der Waals surface area contributed by atoms with Crippen LogP contribution < -0.4 is 0 Å². The van der Waals surface area contributed by atoms with E-state index < -0.39 is 5.60 Å². The Morgan fingerprint density at radius 2 is 1.88 bits per heavy atom. The van der Waals surface area contributed by atoms with Crippen LogP contribution in [0.2, 0.25) is 0 Å². The molecule has 0 aliphatic carbocycles. The van der Waals surface area contributed by atoms with Crippen molar-refractivity contribution in [2.75, 3.05) is 0 Å². The molecular formula is C15H14O. The molecule has 2 aromatic carbocycles. The molecule has 0 aromatic heterocycles. The summed E-state index contributed by atoms with van der Waals surface area (Å²) in [6.45, 7) is 1.76. The van der Waals surface area contributed by atoms with Gasteiger partial charge < -0.3 is 5.11 Å². The van der Waals surface area contributed by atoms with Crippen molar-refractivity contribution in [2.24, 2.45) is 0 Å². The molecule has 0 saturated carbocycles. The molecule has 0 aliphatic rings. The predicted octanol–water partition coefficient (Wildman–Crippen LogP) is 3.07. The van der Waals surface area contributed by atoms with Gasteiger partial charge >= 0.3 is 0 Å². The van der Waals surface area contributed by atoms with E-state index in [9.17, 15) is 5.11 Å². The normalized spacial score (nSPS) is 14.3. The van der Waals surface area contributed by atoms with E-state index in [1.807, 2.05) is 42.5 Å². The van der Waals surface area contributed by atoms with Crippen LogP contribution in [-0.4, -0.2) is 5.11 Å². The molecule has 0 fully saturated rings. The lowest BCUT2D eigenvalue weighted by Crippen LogP contribution is -2.20. The minimum atomic E-state index is -0.963. The summed E-state index contributed by atoms with van der Waals surface area (Å²) in [7, 11) is 0. The summed E-state index contributed by atoms with van der Waals surface area (Å²) >= 11 is 0. The first kappa shape index (κ1) is 10.7. The van der Waals surface area contributed by atoms with Crippen LogP contribution in [0.25, 0.3) is 10.8 Å². The number of hydrogen-bond acceptors (Lipinski definition) is 1. The highest BCUT2D eigenvalue weighted by Gasteiger charge is 2.23. The van der Waals surface area contributed by atoms with Crippen LogP contribution in [0.5, 0.6) is 0 Å². The highest BCUT2D eigenvalue weighted by molar-refractivity contribution is 5.86. The van der Waals surface area contributed by atoms with E-state index in [1.54, 1.807) is 6.92 Å². The summed E-state index contributed by atoms with van der Waals surface area (Å²) in [6, 6.07) is 13.9. The van der Waals surface area contributed by atoms with Gasteiger partial charge in [0.2, 0.25) is 0 Å². The highest BCUT2D eigenvalue weighted by Crippen LogP contribution is 2.30. The van der Waals surface area contributed by atoms with Gasteiger partial charge in [0, 0.05) is 6.42 Å². The third-order valence-corrected chi connectivity index (χ3v) is 2.82. The van der Waals surface area contributed by atoms with Crippen molar-refractivity contribution < 1.29 is 5.11 Å². The van der Waals surface area contributed by atoms with Crippen LogP contribution >= 0.6 is 0 Å². The fourth-order valence-corrected chi connectivity index (χ4v) is 1.99. The molecule has 80 valence electrons. The molecule has 0 saturated heterocycles. The molecule has 2 rings (SSSR count). The van der Waals surface area contributed by atoms with Gasteiger partial charge in [-0.3, -0.25) is 0 Å². The minimum Gasteiger partial charge on any atom is -0.384 e. The quantitative estimate of drug-likeness (QED) is 0.755. The van der Waals surface area contributed by atoms with Crippen LogP contribution in [-0.2, 0) is 5.60 Å². The van der Waals surface area contributed by atoms with Gasteiger partial charge in [-0.15, -0.1) is 12.3 Å². The smallest absolute Gasteiger partial charge is 0.0983 e. The van der Waals surface area contributed by atoms with Crippen molar-refractivity contribution in [3.8, 4) is 12.3 Å². The Hall–Kier alpha value is -1.78. The second kappa shape index (κ2) is 4.00. The fourth-order valence-electron chi connectivity index (χ4n) is 1.99. The van der Waals surface area contributed by atoms with E-state index >= 15 is 0 Å². The third-order valence-electron chi connectivity index (χ3n) is 2.82. The molecular weight excluding hydrogens is 196 g/mol. The third kappa shape index (κ3) is 1.80. The zero-order valence-corrected chi connectivity index (χ0v) is 9.27. The van der Waals surface area contributed by atoms with Crippen molar-refractivity contribution in [1.29, 1.82) is 0 Å². The summed E-state index contributed by atoms with van der Waals surface area (Å²) in [4.78, 5) is 0. The van der Waals surface area contributed by atoms with Gasteiger partial charge in [-0.2, -0.15) is 0 Å². The SMILES string of the molecule is C#CC[C@@](C)(O)c1cccc2ccccc12. The lowest BCUT2D eigenvalue weighted by molar-refractivity contribution is 0.0645. The molecule has 0 unspecified atom stereocenters. The van der Waals surface area contributed by atoms with Gasteiger partial charge in [0.25, 0.3) is 0 Å².